The van der Waals surface area contributed by atoms with E-state index < -0.39 is 0 Å². The van der Waals surface area contributed by atoms with Crippen LogP contribution in [0.25, 0.3) is 0 Å². The van der Waals surface area contributed by atoms with Crippen molar-refractivity contribution in [2.45, 2.75) is 25.6 Å². The molecular weight excluding hydrogens is 130 g/mol. The predicted octanol–water partition coefficient (Wildman–Crippen LogP) is 1.79. The Morgan fingerprint density at radius 2 is 2.22 bits per heavy atom. The summed E-state index contributed by atoms with van der Waals surface area (Å²) in [5.74, 6) is 1.31. The minimum absolute atomic E-state index is 0.411. The average molecular weight is 145 g/mol. The van der Waals surface area contributed by atoms with Crippen LogP contribution >= 0.6 is 11.8 Å². The highest BCUT2D eigenvalue weighted by molar-refractivity contribution is 8.00. The van der Waals surface area contributed by atoms with Crippen LogP contribution in [0.3, 0.4) is 0 Å². The summed E-state index contributed by atoms with van der Waals surface area (Å²) in [5, 5.41) is 0. The van der Waals surface area contributed by atoms with Gasteiger partial charge in [0, 0.05) is 12.3 Å². The van der Waals surface area contributed by atoms with E-state index in [0.717, 1.165) is 0 Å². The summed E-state index contributed by atoms with van der Waals surface area (Å²) < 4.78 is 0. The van der Waals surface area contributed by atoms with E-state index in [1.165, 1.54) is 18.8 Å². The maximum absolute atomic E-state index is 2.51. The molecule has 0 unspecified atom stereocenters. The highest BCUT2D eigenvalue weighted by Crippen LogP contribution is 2.33. The molecule has 2 heteroatoms. The van der Waals surface area contributed by atoms with Crippen molar-refractivity contribution in [3.05, 3.63) is 0 Å². The summed E-state index contributed by atoms with van der Waals surface area (Å²) in [4.78, 5) is 2.92. The van der Waals surface area contributed by atoms with Crippen LogP contribution in [0.4, 0.5) is 0 Å². The zero-order valence-corrected chi connectivity index (χ0v) is 7.29. The molecule has 1 aliphatic heterocycles. The third kappa shape index (κ3) is 1.41. The van der Waals surface area contributed by atoms with Gasteiger partial charge >= 0.3 is 0 Å². The molecule has 0 aliphatic carbocycles. The fourth-order valence-electron chi connectivity index (χ4n) is 1.31. The van der Waals surface area contributed by atoms with Gasteiger partial charge in [0.25, 0.3) is 0 Å². The van der Waals surface area contributed by atoms with Crippen molar-refractivity contribution in [3.63, 3.8) is 0 Å². The Labute approximate surface area is 61.8 Å². The van der Waals surface area contributed by atoms with Gasteiger partial charge in [-0.1, -0.05) is 6.92 Å². The quantitative estimate of drug-likeness (QED) is 0.553. The summed E-state index contributed by atoms with van der Waals surface area (Å²) in [5.41, 5.74) is 0. The number of hydrogen-bond acceptors (Lipinski definition) is 2. The van der Waals surface area contributed by atoms with Gasteiger partial charge in [-0.05, 0) is 20.4 Å². The minimum Gasteiger partial charge on any atom is -0.289 e. The van der Waals surface area contributed by atoms with E-state index >= 15 is 0 Å². The molecule has 1 nitrogen and oxygen atoms in total. The molecule has 0 spiro atoms. The normalized spacial score (nSPS) is 27.0. The molecule has 9 heavy (non-hydrogen) atoms. The van der Waals surface area contributed by atoms with Gasteiger partial charge in [0.2, 0.25) is 0 Å². The second kappa shape index (κ2) is 2.51. The molecule has 1 aliphatic rings. The molecule has 0 radical (unpaired) electrons. The molecule has 54 valence electrons. The van der Waals surface area contributed by atoms with E-state index in [0.29, 0.717) is 4.87 Å². The summed E-state index contributed by atoms with van der Waals surface area (Å²) in [6.45, 7) is 9.30. The molecule has 0 aromatic carbocycles. The number of rotatable bonds is 1. The molecule has 1 heterocycles. The number of hydrogen-bond donors (Lipinski definition) is 0. The standard InChI is InChI=1S/C7H15NS/c1-4-8-5-6-9-7(8,2)3/h4-6H2,1-3H3. The fourth-order valence-corrected chi connectivity index (χ4v) is 2.52. The minimum atomic E-state index is 0.411. The molecular formula is C7H15NS. The largest absolute Gasteiger partial charge is 0.289 e. The van der Waals surface area contributed by atoms with Crippen LogP contribution in [0, 0.1) is 0 Å². The van der Waals surface area contributed by atoms with Gasteiger partial charge in [0.1, 0.15) is 0 Å². The molecule has 0 saturated carbocycles. The zero-order chi connectivity index (χ0) is 6.91. The van der Waals surface area contributed by atoms with E-state index in [4.69, 9.17) is 0 Å². The first kappa shape index (κ1) is 7.42. The number of thioether (sulfide) groups is 1. The van der Waals surface area contributed by atoms with E-state index in [1.54, 1.807) is 0 Å². The predicted molar refractivity (Wildman–Crippen MR) is 43.8 cm³/mol. The first-order chi connectivity index (χ1) is 4.17. The lowest BCUT2D eigenvalue weighted by atomic mass is 10.3. The SMILES string of the molecule is CCN1CCSC1(C)C. The average Bonchev–Trinajstić information content (AvgIpc) is 2.08. The van der Waals surface area contributed by atoms with Crippen molar-refractivity contribution in [3.8, 4) is 0 Å². The van der Waals surface area contributed by atoms with E-state index in [1.807, 2.05) is 0 Å². The van der Waals surface area contributed by atoms with Crippen LogP contribution in [0.5, 0.6) is 0 Å². The van der Waals surface area contributed by atoms with Crippen molar-refractivity contribution in [1.29, 1.82) is 0 Å². The van der Waals surface area contributed by atoms with E-state index in [2.05, 4.69) is 37.4 Å². The first-order valence-electron chi connectivity index (χ1n) is 3.56. The third-order valence-corrected chi connectivity index (χ3v) is 3.31. The Hall–Kier alpha value is 0.310. The number of nitrogens with zero attached hydrogens (tertiary/aromatic N) is 1. The summed E-state index contributed by atoms with van der Waals surface area (Å²) in [7, 11) is 0. The molecule has 0 aromatic rings. The summed E-state index contributed by atoms with van der Waals surface area (Å²) >= 11 is 2.06. The smallest absolute Gasteiger partial charge is 0.0613 e. The third-order valence-electron chi connectivity index (χ3n) is 1.96. The van der Waals surface area contributed by atoms with Gasteiger partial charge in [0.05, 0.1) is 4.87 Å². The fraction of sp³-hybridized carbons (Fsp3) is 1.00. The summed E-state index contributed by atoms with van der Waals surface area (Å²) in [6.07, 6.45) is 0. The highest BCUT2D eigenvalue weighted by Gasteiger charge is 2.30. The van der Waals surface area contributed by atoms with Gasteiger partial charge in [-0.2, -0.15) is 0 Å². The molecule has 1 saturated heterocycles. The van der Waals surface area contributed by atoms with Gasteiger partial charge in [-0.3, -0.25) is 4.90 Å². The van der Waals surface area contributed by atoms with Crippen LogP contribution in [-0.2, 0) is 0 Å². The van der Waals surface area contributed by atoms with Crippen molar-refractivity contribution < 1.29 is 0 Å². The molecule has 1 fully saturated rings. The van der Waals surface area contributed by atoms with Gasteiger partial charge in [-0.25, -0.2) is 0 Å². The van der Waals surface area contributed by atoms with Crippen LogP contribution < -0.4 is 0 Å². The van der Waals surface area contributed by atoms with Crippen molar-refractivity contribution in [2.24, 2.45) is 0 Å². The second-order valence-corrected chi connectivity index (χ2v) is 4.57. The monoisotopic (exact) mass is 145 g/mol. The Morgan fingerprint density at radius 1 is 1.56 bits per heavy atom. The Balaban J connectivity index is 2.52. The molecule has 0 atom stereocenters. The van der Waals surface area contributed by atoms with Crippen LogP contribution in [0.1, 0.15) is 20.8 Å². The maximum Gasteiger partial charge on any atom is 0.0613 e. The molecule has 0 amide bonds. The van der Waals surface area contributed by atoms with Crippen LogP contribution in [0.15, 0.2) is 0 Å². The van der Waals surface area contributed by atoms with Crippen molar-refractivity contribution in [1.82, 2.24) is 4.90 Å². The van der Waals surface area contributed by atoms with Gasteiger partial charge < -0.3 is 0 Å². The maximum atomic E-state index is 2.51. The van der Waals surface area contributed by atoms with Crippen molar-refractivity contribution in [2.75, 3.05) is 18.8 Å². The molecule has 0 N–H and O–H groups in total. The van der Waals surface area contributed by atoms with Gasteiger partial charge in [-0.15, -0.1) is 11.8 Å². The van der Waals surface area contributed by atoms with Crippen LogP contribution in [-0.4, -0.2) is 28.6 Å². The van der Waals surface area contributed by atoms with Crippen LogP contribution in [0.2, 0.25) is 0 Å². The Bertz CT molecular complexity index is 101. The van der Waals surface area contributed by atoms with E-state index in [9.17, 15) is 0 Å². The zero-order valence-electron chi connectivity index (χ0n) is 6.48. The Morgan fingerprint density at radius 3 is 2.44 bits per heavy atom. The topological polar surface area (TPSA) is 3.24 Å². The van der Waals surface area contributed by atoms with Crippen molar-refractivity contribution >= 4 is 11.8 Å². The lowest BCUT2D eigenvalue weighted by Gasteiger charge is -2.28. The lowest BCUT2D eigenvalue weighted by Crippen LogP contribution is -2.35. The Kier molecular flexibility index (Phi) is 2.07. The van der Waals surface area contributed by atoms with E-state index in [-0.39, 0.29) is 0 Å². The second-order valence-electron chi connectivity index (χ2n) is 2.87. The molecule has 0 bridgehead atoms. The lowest BCUT2D eigenvalue weighted by molar-refractivity contribution is 0.237. The molecule has 1 rings (SSSR count). The first-order valence-corrected chi connectivity index (χ1v) is 4.54. The summed E-state index contributed by atoms with van der Waals surface area (Å²) in [6, 6.07) is 0. The highest BCUT2D eigenvalue weighted by atomic mass is 32.2. The van der Waals surface area contributed by atoms with Gasteiger partial charge in [0.15, 0.2) is 0 Å². The molecule has 0 aromatic heterocycles.